The summed E-state index contributed by atoms with van der Waals surface area (Å²) in [5.41, 5.74) is 0.289. The molecule has 102 valence electrons. The lowest BCUT2D eigenvalue weighted by Crippen LogP contribution is -2.25. The van der Waals surface area contributed by atoms with E-state index < -0.39 is 0 Å². The van der Waals surface area contributed by atoms with Gasteiger partial charge in [-0.3, -0.25) is 4.79 Å². The van der Waals surface area contributed by atoms with Gasteiger partial charge in [0.25, 0.3) is 5.56 Å². The van der Waals surface area contributed by atoms with Crippen molar-refractivity contribution < 1.29 is 5.11 Å². The number of aromatic nitrogens is 2. The Morgan fingerprint density at radius 1 is 1.61 bits per heavy atom. The molecule has 0 saturated heterocycles. The molecule has 1 aromatic rings. The quantitative estimate of drug-likeness (QED) is 0.794. The van der Waals surface area contributed by atoms with Crippen LogP contribution in [-0.2, 0) is 6.54 Å². The smallest absolute Gasteiger partial charge is 0.287 e. The third-order valence-corrected chi connectivity index (χ3v) is 3.05. The fourth-order valence-corrected chi connectivity index (χ4v) is 1.78. The Morgan fingerprint density at radius 2 is 2.33 bits per heavy atom. The molecule has 0 bridgehead atoms. The molecular weight excluding hydrogens is 254 g/mol. The first kappa shape index (κ1) is 15.0. The lowest BCUT2D eigenvalue weighted by atomic mass is 10.1. The van der Waals surface area contributed by atoms with Gasteiger partial charge in [0.1, 0.15) is 5.02 Å². The average molecular weight is 274 g/mol. The second-order valence-corrected chi connectivity index (χ2v) is 4.78. The van der Waals surface area contributed by atoms with Crippen molar-refractivity contribution in [1.82, 2.24) is 9.78 Å². The monoisotopic (exact) mass is 273 g/mol. The molecule has 0 spiro atoms. The molecule has 0 saturated carbocycles. The Labute approximate surface area is 112 Å². The zero-order valence-electron chi connectivity index (χ0n) is 10.8. The summed E-state index contributed by atoms with van der Waals surface area (Å²) in [5, 5.41) is 16.1. The van der Waals surface area contributed by atoms with Crippen molar-refractivity contribution in [2.24, 2.45) is 5.92 Å². The van der Waals surface area contributed by atoms with E-state index >= 15 is 0 Å². The Balaban J connectivity index is 2.73. The van der Waals surface area contributed by atoms with E-state index in [4.69, 9.17) is 16.7 Å². The molecule has 6 heteroatoms. The van der Waals surface area contributed by atoms with Crippen LogP contribution in [0.25, 0.3) is 0 Å². The maximum Gasteiger partial charge on any atom is 0.287 e. The number of anilines is 1. The van der Waals surface area contributed by atoms with Crippen molar-refractivity contribution in [2.45, 2.75) is 33.2 Å². The number of rotatable bonds is 7. The summed E-state index contributed by atoms with van der Waals surface area (Å²) in [6.45, 7) is 5.37. The molecule has 0 amide bonds. The number of aliphatic hydroxyl groups is 1. The summed E-state index contributed by atoms with van der Waals surface area (Å²) in [4.78, 5) is 11.8. The molecular formula is C12H20ClN3O2. The van der Waals surface area contributed by atoms with Crippen LogP contribution in [0.3, 0.4) is 0 Å². The van der Waals surface area contributed by atoms with Gasteiger partial charge < -0.3 is 10.4 Å². The molecule has 2 N–H and O–H groups in total. The normalized spacial score (nSPS) is 12.4. The lowest BCUT2D eigenvalue weighted by Gasteiger charge is -2.13. The molecule has 1 rings (SSSR count). The highest BCUT2D eigenvalue weighted by molar-refractivity contribution is 6.32. The van der Waals surface area contributed by atoms with Crippen LogP contribution in [0.15, 0.2) is 11.0 Å². The van der Waals surface area contributed by atoms with E-state index in [1.807, 2.05) is 13.8 Å². The van der Waals surface area contributed by atoms with Crippen molar-refractivity contribution >= 4 is 17.3 Å². The number of halogens is 1. The van der Waals surface area contributed by atoms with Crippen LogP contribution >= 0.6 is 11.6 Å². The van der Waals surface area contributed by atoms with E-state index in [1.54, 1.807) is 6.20 Å². The maximum absolute atomic E-state index is 11.8. The molecule has 1 unspecified atom stereocenters. The summed E-state index contributed by atoms with van der Waals surface area (Å²) in [6.07, 6.45) is 3.12. The topological polar surface area (TPSA) is 67.2 Å². The molecule has 5 nitrogen and oxygen atoms in total. The SMILES string of the molecule is CCCn1ncc(NCC(C)CCO)c(Cl)c1=O. The van der Waals surface area contributed by atoms with E-state index in [2.05, 4.69) is 10.4 Å². The summed E-state index contributed by atoms with van der Waals surface area (Å²) in [5.74, 6) is 0.309. The number of hydrogen-bond acceptors (Lipinski definition) is 4. The number of nitrogens with one attached hydrogen (secondary N) is 1. The molecule has 1 aromatic heterocycles. The average Bonchev–Trinajstić information content (AvgIpc) is 2.35. The molecule has 0 radical (unpaired) electrons. The predicted molar refractivity (Wildman–Crippen MR) is 73.2 cm³/mol. The van der Waals surface area contributed by atoms with Gasteiger partial charge in [0, 0.05) is 19.7 Å². The first-order valence-electron chi connectivity index (χ1n) is 6.20. The van der Waals surface area contributed by atoms with Crippen LogP contribution in [0.1, 0.15) is 26.7 Å². The van der Waals surface area contributed by atoms with Gasteiger partial charge in [-0.05, 0) is 18.8 Å². The van der Waals surface area contributed by atoms with Gasteiger partial charge in [-0.15, -0.1) is 0 Å². The molecule has 18 heavy (non-hydrogen) atoms. The van der Waals surface area contributed by atoms with Gasteiger partial charge in [-0.25, -0.2) is 4.68 Å². The van der Waals surface area contributed by atoms with Crippen LogP contribution in [-0.4, -0.2) is 28.0 Å². The second-order valence-electron chi connectivity index (χ2n) is 4.40. The minimum absolute atomic E-state index is 0.160. The minimum Gasteiger partial charge on any atom is -0.396 e. The van der Waals surface area contributed by atoms with E-state index in [9.17, 15) is 4.79 Å². The van der Waals surface area contributed by atoms with E-state index in [0.717, 1.165) is 6.42 Å². The van der Waals surface area contributed by atoms with Crippen molar-refractivity contribution in [2.75, 3.05) is 18.5 Å². The highest BCUT2D eigenvalue weighted by Crippen LogP contribution is 2.16. The third kappa shape index (κ3) is 3.99. The van der Waals surface area contributed by atoms with Gasteiger partial charge in [0.2, 0.25) is 0 Å². The second kappa shape index (κ2) is 7.38. The molecule has 0 fully saturated rings. The first-order valence-corrected chi connectivity index (χ1v) is 6.58. The fourth-order valence-electron chi connectivity index (χ4n) is 1.57. The van der Waals surface area contributed by atoms with Crippen molar-refractivity contribution in [3.8, 4) is 0 Å². The minimum atomic E-state index is -0.265. The molecule has 0 aliphatic carbocycles. The molecule has 1 atom stereocenters. The van der Waals surface area contributed by atoms with E-state index in [1.165, 1.54) is 4.68 Å². The zero-order valence-corrected chi connectivity index (χ0v) is 11.6. The fraction of sp³-hybridized carbons (Fsp3) is 0.667. The van der Waals surface area contributed by atoms with Crippen LogP contribution in [0.5, 0.6) is 0 Å². The van der Waals surface area contributed by atoms with Gasteiger partial charge in [-0.2, -0.15) is 5.10 Å². The van der Waals surface area contributed by atoms with E-state index in [-0.39, 0.29) is 17.2 Å². The van der Waals surface area contributed by atoms with Crippen LogP contribution in [0.4, 0.5) is 5.69 Å². The first-order chi connectivity index (χ1) is 8.60. The molecule has 0 aliphatic rings. The van der Waals surface area contributed by atoms with Gasteiger partial charge in [0.15, 0.2) is 0 Å². The molecule has 1 heterocycles. The van der Waals surface area contributed by atoms with Crippen LogP contribution < -0.4 is 10.9 Å². The Bertz CT molecular complexity index is 434. The third-order valence-electron chi connectivity index (χ3n) is 2.68. The summed E-state index contributed by atoms with van der Waals surface area (Å²) in [7, 11) is 0. The summed E-state index contributed by atoms with van der Waals surface area (Å²) >= 11 is 6.01. The Hall–Kier alpha value is -1.07. The van der Waals surface area contributed by atoms with Crippen LogP contribution in [0, 0.1) is 5.92 Å². The summed E-state index contributed by atoms with van der Waals surface area (Å²) in [6, 6.07) is 0. The van der Waals surface area contributed by atoms with Gasteiger partial charge >= 0.3 is 0 Å². The Morgan fingerprint density at radius 3 is 2.94 bits per heavy atom. The van der Waals surface area contributed by atoms with Gasteiger partial charge in [0.05, 0.1) is 11.9 Å². The highest BCUT2D eigenvalue weighted by Gasteiger charge is 2.09. The van der Waals surface area contributed by atoms with Crippen molar-refractivity contribution in [3.63, 3.8) is 0 Å². The lowest BCUT2D eigenvalue weighted by molar-refractivity contribution is 0.266. The number of aryl methyl sites for hydroxylation is 1. The number of aliphatic hydroxyl groups excluding tert-OH is 1. The summed E-state index contributed by atoms with van der Waals surface area (Å²) < 4.78 is 1.37. The molecule has 0 aromatic carbocycles. The predicted octanol–water partition coefficient (Wildman–Crippen LogP) is 1.74. The molecule has 0 aliphatic heterocycles. The maximum atomic E-state index is 11.8. The number of hydrogen-bond donors (Lipinski definition) is 2. The standard InChI is InChI=1S/C12H20ClN3O2/c1-3-5-16-12(18)11(13)10(8-15-16)14-7-9(2)4-6-17/h8-9,14,17H,3-7H2,1-2H3. The van der Waals surface area contributed by atoms with Gasteiger partial charge in [-0.1, -0.05) is 25.4 Å². The largest absolute Gasteiger partial charge is 0.396 e. The van der Waals surface area contributed by atoms with E-state index in [0.29, 0.717) is 31.1 Å². The van der Waals surface area contributed by atoms with Crippen molar-refractivity contribution in [1.29, 1.82) is 0 Å². The van der Waals surface area contributed by atoms with Crippen LogP contribution in [0.2, 0.25) is 5.02 Å². The number of nitrogens with zero attached hydrogens (tertiary/aromatic N) is 2. The van der Waals surface area contributed by atoms with Crippen molar-refractivity contribution in [3.05, 3.63) is 21.6 Å². The zero-order chi connectivity index (χ0) is 13.5. The Kier molecular flexibility index (Phi) is 6.15. The highest BCUT2D eigenvalue weighted by atomic mass is 35.5.